The molecule has 1 amide bonds. The van der Waals surface area contributed by atoms with Crippen molar-refractivity contribution in [1.82, 2.24) is 4.31 Å². The van der Waals surface area contributed by atoms with Crippen LogP contribution >= 0.6 is 15.9 Å². The second-order valence-electron chi connectivity index (χ2n) is 7.13. The largest absolute Gasteiger partial charge is 0.311 e. The lowest BCUT2D eigenvalue weighted by atomic mass is 10.1. The van der Waals surface area contributed by atoms with Gasteiger partial charge >= 0.3 is 0 Å². The molecule has 0 spiro atoms. The van der Waals surface area contributed by atoms with Crippen LogP contribution in [0.1, 0.15) is 36.9 Å². The van der Waals surface area contributed by atoms with E-state index in [1.165, 1.54) is 22.2 Å². The molecule has 0 aliphatic carbocycles. The summed E-state index contributed by atoms with van der Waals surface area (Å²) in [5.74, 6) is -0.593. The maximum atomic E-state index is 14.4. The third-order valence-corrected chi connectivity index (χ3v) is 7.81. The summed E-state index contributed by atoms with van der Waals surface area (Å²) in [5.41, 5.74) is 1.67. The van der Waals surface area contributed by atoms with Gasteiger partial charge in [-0.15, -0.1) is 0 Å². The first-order chi connectivity index (χ1) is 13.3. The fourth-order valence-electron chi connectivity index (χ4n) is 4.19. The Hall–Kier alpha value is -1.77. The zero-order valence-electron chi connectivity index (χ0n) is 15.4. The zero-order chi connectivity index (χ0) is 20.1. The van der Waals surface area contributed by atoms with E-state index in [2.05, 4.69) is 15.9 Å². The third kappa shape index (κ3) is 3.17. The van der Waals surface area contributed by atoms with Crippen molar-refractivity contribution in [2.75, 3.05) is 18.0 Å². The summed E-state index contributed by atoms with van der Waals surface area (Å²) in [4.78, 5) is 13.7. The predicted molar refractivity (Wildman–Crippen MR) is 108 cm³/mol. The third-order valence-electron chi connectivity index (χ3n) is 5.43. The van der Waals surface area contributed by atoms with Crippen LogP contribution in [0.2, 0.25) is 0 Å². The molecule has 1 atom stereocenters. The van der Waals surface area contributed by atoms with Crippen molar-refractivity contribution < 1.29 is 17.6 Å². The van der Waals surface area contributed by atoms with Gasteiger partial charge < -0.3 is 4.90 Å². The van der Waals surface area contributed by atoms with Crippen LogP contribution in [0.15, 0.2) is 45.8 Å². The Labute approximate surface area is 172 Å². The zero-order valence-corrected chi connectivity index (χ0v) is 17.8. The van der Waals surface area contributed by atoms with E-state index in [4.69, 9.17) is 0 Å². The molecule has 0 saturated carbocycles. The van der Waals surface area contributed by atoms with Gasteiger partial charge in [0.2, 0.25) is 15.9 Å². The van der Waals surface area contributed by atoms with Crippen LogP contribution in [0, 0.1) is 5.82 Å². The first-order valence-electron chi connectivity index (χ1n) is 9.17. The molecule has 5 nitrogen and oxygen atoms in total. The van der Waals surface area contributed by atoms with E-state index in [9.17, 15) is 17.6 Å². The molecule has 2 aliphatic heterocycles. The molecule has 2 heterocycles. The smallest absolute Gasteiger partial charge is 0.245 e. The molecule has 0 N–H and O–H groups in total. The Morgan fingerprint density at radius 3 is 2.68 bits per heavy atom. The highest BCUT2D eigenvalue weighted by Gasteiger charge is 2.40. The van der Waals surface area contributed by atoms with E-state index < -0.39 is 21.9 Å². The minimum absolute atomic E-state index is 0.104. The fourth-order valence-corrected chi connectivity index (χ4v) is 6.79. The van der Waals surface area contributed by atoms with Gasteiger partial charge in [-0.05, 0) is 43.0 Å². The Morgan fingerprint density at radius 1 is 1.21 bits per heavy atom. The number of carbonyl (C=O) groups is 1. The standard InChI is InChI=1S/C20H20BrFN2O3S/c1-13(25)23-10-8-14-11-15(21)12-19(20(14)23)28(26,27)24-9-4-7-18(24)16-5-2-3-6-17(16)22/h2-3,5-6,11-12,18H,4,7-10H2,1H3/t18-/m0/s1. The van der Waals surface area contributed by atoms with E-state index >= 15 is 0 Å². The summed E-state index contributed by atoms with van der Waals surface area (Å²) in [7, 11) is -3.92. The number of amides is 1. The molecule has 2 aromatic rings. The minimum Gasteiger partial charge on any atom is -0.311 e. The minimum atomic E-state index is -3.92. The maximum absolute atomic E-state index is 14.4. The maximum Gasteiger partial charge on any atom is 0.245 e. The van der Waals surface area contributed by atoms with E-state index in [0.29, 0.717) is 48.1 Å². The van der Waals surface area contributed by atoms with Gasteiger partial charge in [-0.2, -0.15) is 4.31 Å². The van der Waals surface area contributed by atoms with E-state index in [0.717, 1.165) is 5.56 Å². The van der Waals surface area contributed by atoms with Crippen LogP contribution in [-0.2, 0) is 21.2 Å². The predicted octanol–water partition coefficient (Wildman–Crippen LogP) is 4.02. The number of hydrogen-bond donors (Lipinski definition) is 0. The van der Waals surface area contributed by atoms with Gasteiger partial charge in [-0.25, -0.2) is 12.8 Å². The van der Waals surface area contributed by atoms with Crippen LogP contribution < -0.4 is 4.90 Å². The van der Waals surface area contributed by atoms with Gasteiger partial charge in [0.25, 0.3) is 0 Å². The highest BCUT2D eigenvalue weighted by Crippen LogP contribution is 2.43. The van der Waals surface area contributed by atoms with Crippen LogP contribution in [0.25, 0.3) is 0 Å². The lowest BCUT2D eigenvalue weighted by Gasteiger charge is -2.27. The normalized spacial score (nSPS) is 19.8. The van der Waals surface area contributed by atoms with Gasteiger partial charge in [-0.3, -0.25) is 4.79 Å². The Bertz CT molecular complexity index is 1060. The SMILES string of the molecule is CC(=O)N1CCc2cc(Br)cc(S(=O)(=O)N3CCC[C@H]3c3ccccc3F)c21. The molecule has 8 heteroatoms. The highest BCUT2D eigenvalue weighted by molar-refractivity contribution is 9.10. The van der Waals surface area contributed by atoms with Crippen molar-refractivity contribution in [2.45, 2.75) is 37.1 Å². The molecular formula is C20H20BrFN2O3S. The molecule has 1 fully saturated rings. The Kier molecular flexibility index (Phi) is 5.05. The fraction of sp³-hybridized carbons (Fsp3) is 0.350. The molecule has 28 heavy (non-hydrogen) atoms. The monoisotopic (exact) mass is 466 g/mol. The number of carbonyl (C=O) groups excluding carboxylic acids is 1. The van der Waals surface area contributed by atoms with Crippen molar-refractivity contribution in [3.05, 3.63) is 57.8 Å². The summed E-state index contributed by atoms with van der Waals surface area (Å²) < 4.78 is 43.7. The number of hydrogen-bond acceptors (Lipinski definition) is 3. The first-order valence-corrected chi connectivity index (χ1v) is 11.4. The molecule has 0 unspecified atom stereocenters. The summed E-state index contributed by atoms with van der Waals surface area (Å²) >= 11 is 3.40. The lowest BCUT2D eigenvalue weighted by molar-refractivity contribution is -0.116. The second-order valence-corrected chi connectivity index (χ2v) is 9.90. The summed E-state index contributed by atoms with van der Waals surface area (Å²) in [5, 5.41) is 0. The Balaban J connectivity index is 1.84. The lowest BCUT2D eigenvalue weighted by Crippen LogP contribution is -2.33. The summed E-state index contributed by atoms with van der Waals surface area (Å²) in [6.07, 6.45) is 1.82. The van der Waals surface area contributed by atoms with Crippen molar-refractivity contribution >= 4 is 37.5 Å². The van der Waals surface area contributed by atoms with Crippen molar-refractivity contribution in [1.29, 1.82) is 0 Å². The van der Waals surface area contributed by atoms with Crippen LogP contribution in [0.5, 0.6) is 0 Å². The van der Waals surface area contributed by atoms with Gasteiger partial charge in [0.1, 0.15) is 10.7 Å². The van der Waals surface area contributed by atoms with Crippen LogP contribution in [0.3, 0.4) is 0 Å². The first kappa shape index (κ1) is 19.5. The average Bonchev–Trinajstić information content (AvgIpc) is 3.28. The summed E-state index contributed by atoms with van der Waals surface area (Å²) in [6, 6.07) is 9.16. The number of benzene rings is 2. The number of fused-ring (bicyclic) bond motifs is 1. The average molecular weight is 467 g/mol. The van der Waals surface area contributed by atoms with Crippen molar-refractivity contribution in [3.8, 4) is 0 Å². The molecule has 2 aromatic carbocycles. The molecule has 0 bridgehead atoms. The summed E-state index contributed by atoms with van der Waals surface area (Å²) in [6.45, 7) is 2.22. The number of rotatable bonds is 3. The number of halogens is 2. The van der Waals surface area contributed by atoms with E-state index in [1.807, 2.05) is 6.07 Å². The van der Waals surface area contributed by atoms with Crippen molar-refractivity contribution in [2.24, 2.45) is 0 Å². The van der Waals surface area contributed by atoms with E-state index in [-0.39, 0.29) is 10.8 Å². The topological polar surface area (TPSA) is 57.7 Å². The molecule has 0 aromatic heterocycles. The molecular weight excluding hydrogens is 447 g/mol. The van der Waals surface area contributed by atoms with Crippen molar-refractivity contribution in [3.63, 3.8) is 0 Å². The molecule has 4 rings (SSSR count). The Morgan fingerprint density at radius 2 is 1.96 bits per heavy atom. The molecule has 2 aliphatic rings. The second kappa shape index (κ2) is 7.24. The number of anilines is 1. The van der Waals surface area contributed by atoms with Crippen LogP contribution in [-0.4, -0.2) is 31.7 Å². The van der Waals surface area contributed by atoms with Gasteiger partial charge in [-0.1, -0.05) is 34.1 Å². The van der Waals surface area contributed by atoms with Gasteiger partial charge in [0.15, 0.2) is 0 Å². The highest BCUT2D eigenvalue weighted by atomic mass is 79.9. The van der Waals surface area contributed by atoms with E-state index in [1.54, 1.807) is 24.3 Å². The van der Waals surface area contributed by atoms with Gasteiger partial charge in [0, 0.05) is 30.0 Å². The molecule has 148 valence electrons. The molecule has 0 radical (unpaired) electrons. The number of sulfonamides is 1. The van der Waals surface area contributed by atoms with Crippen LogP contribution in [0.4, 0.5) is 10.1 Å². The number of nitrogens with zero attached hydrogens (tertiary/aromatic N) is 2. The van der Waals surface area contributed by atoms with Gasteiger partial charge in [0.05, 0.1) is 11.7 Å². The molecule has 1 saturated heterocycles. The quantitative estimate of drug-likeness (QED) is 0.685.